The molecule has 26 heavy (non-hydrogen) atoms. The number of hydrogen-bond acceptors (Lipinski definition) is 3. The van der Waals surface area contributed by atoms with Crippen LogP contribution in [0.25, 0.3) is 0 Å². The van der Waals surface area contributed by atoms with Crippen molar-refractivity contribution in [3.63, 3.8) is 0 Å². The Morgan fingerprint density at radius 3 is 2.65 bits per heavy atom. The van der Waals surface area contributed by atoms with Gasteiger partial charge < -0.3 is 20.3 Å². The first kappa shape index (κ1) is 23.0. The van der Waals surface area contributed by atoms with Crippen LogP contribution in [-0.4, -0.2) is 40.9 Å². The molecule has 0 radical (unpaired) electrons. The van der Waals surface area contributed by atoms with Gasteiger partial charge >= 0.3 is 0 Å². The van der Waals surface area contributed by atoms with E-state index >= 15 is 0 Å². The maximum Gasteiger partial charge on any atom is 0.250 e. The van der Waals surface area contributed by atoms with Crippen LogP contribution in [0.2, 0.25) is 0 Å². The number of hydrogen-bond donors (Lipinski definition) is 3. The number of nitrogens with zero attached hydrogens (tertiary/aromatic N) is 2. The van der Waals surface area contributed by atoms with Crippen LogP contribution in [0.4, 0.5) is 0 Å². The lowest BCUT2D eigenvalue weighted by molar-refractivity contribution is 0.120. The molecule has 1 aliphatic rings. The van der Waals surface area contributed by atoms with Crippen LogP contribution in [0.3, 0.4) is 0 Å². The highest BCUT2D eigenvalue weighted by Gasteiger charge is 2.19. The fourth-order valence-corrected chi connectivity index (χ4v) is 3.22. The molecule has 0 amide bonds. The topological polar surface area (TPSA) is 78.7 Å². The van der Waals surface area contributed by atoms with Gasteiger partial charge in [0.1, 0.15) is 0 Å². The maximum atomic E-state index is 11.8. The van der Waals surface area contributed by atoms with Gasteiger partial charge in [-0.2, -0.15) is 0 Å². The van der Waals surface area contributed by atoms with Gasteiger partial charge in [-0.15, -0.1) is 24.0 Å². The number of guanidine groups is 1. The molecule has 0 bridgehead atoms. The van der Waals surface area contributed by atoms with Crippen molar-refractivity contribution in [2.24, 2.45) is 4.99 Å². The molecule has 0 atom stereocenters. The smallest absolute Gasteiger partial charge is 0.250 e. The van der Waals surface area contributed by atoms with E-state index in [1.54, 1.807) is 12.1 Å². The number of nitrogens with one attached hydrogen (secondary N) is 2. The second-order valence-electron chi connectivity index (χ2n) is 6.77. The number of halogens is 1. The molecule has 0 aromatic carbocycles. The average Bonchev–Trinajstić information content (AvgIpc) is 2.59. The van der Waals surface area contributed by atoms with E-state index in [0.29, 0.717) is 6.04 Å². The molecule has 6 nitrogen and oxygen atoms in total. The van der Waals surface area contributed by atoms with E-state index in [4.69, 9.17) is 0 Å². The molecular weight excluding hydrogens is 443 g/mol. The Labute approximate surface area is 173 Å². The Bertz CT molecular complexity index is 610. The molecule has 1 saturated carbocycles. The summed E-state index contributed by atoms with van der Waals surface area (Å²) in [4.78, 5) is 16.5. The molecule has 0 unspecified atom stereocenters. The van der Waals surface area contributed by atoms with Gasteiger partial charge in [0.25, 0.3) is 5.56 Å². The lowest BCUT2D eigenvalue weighted by atomic mass is 9.93. The van der Waals surface area contributed by atoms with Crippen molar-refractivity contribution in [2.45, 2.75) is 71.1 Å². The van der Waals surface area contributed by atoms with Crippen LogP contribution in [0.5, 0.6) is 0 Å². The highest BCUT2D eigenvalue weighted by molar-refractivity contribution is 14.0. The van der Waals surface area contributed by atoms with Gasteiger partial charge in [-0.25, -0.2) is 0 Å². The standard InChI is InChI=1S/C19H32N4O2.HI/c1-3-20-19(22-16-9-11-17(24)12-10-16)21-13-4-5-14-23-15(2)7-6-8-18(23)25;/h6-8,16-17,24H,3-5,9-14H2,1-2H3,(H2,20,21,22);1H. The van der Waals surface area contributed by atoms with Crippen LogP contribution in [0, 0.1) is 6.92 Å². The quantitative estimate of drug-likeness (QED) is 0.245. The van der Waals surface area contributed by atoms with Crippen molar-refractivity contribution in [2.75, 3.05) is 13.1 Å². The highest BCUT2D eigenvalue weighted by atomic mass is 127. The molecule has 1 aromatic heterocycles. The van der Waals surface area contributed by atoms with Gasteiger partial charge in [-0.1, -0.05) is 6.07 Å². The lowest BCUT2D eigenvalue weighted by Gasteiger charge is -2.27. The first-order valence-corrected chi connectivity index (χ1v) is 9.49. The van der Waals surface area contributed by atoms with Gasteiger partial charge in [-0.3, -0.25) is 9.79 Å². The summed E-state index contributed by atoms with van der Waals surface area (Å²) in [7, 11) is 0. The Balaban J connectivity index is 0.00000338. The number of unbranched alkanes of at least 4 members (excludes halogenated alkanes) is 1. The van der Waals surface area contributed by atoms with Gasteiger partial charge in [-0.05, 0) is 58.4 Å². The molecule has 1 aliphatic carbocycles. The molecule has 1 fully saturated rings. The van der Waals surface area contributed by atoms with Gasteiger partial charge in [0.05, 0.1) is 6.10 Å². The van der Waals surface area contributed by atoms with E-state index in [1.807, 2.05) is 17.6 Å². The zero-order chi connectivity index (χ0) is 18.1. The van der Waals surface area contributed by atoms with Crippen molar-refractivity contribution in [1.82, 2.24) is 15.2 Å². The molecular formula is C19H33IN4O2. The number of aromatic nitrogens is 1. The number of aliphatic hydroxyl groups excluding tert-OH is 1. The second-order valence-corrected chi connectivity index (χ2v) is 6.77. The molecule has 3 N–H and O–H groups in total. The number of aliphatic hydroxyl groups is 1. The van der Waals surface area contributed by atoms with Crippen molar-refractivity contribution in [3.05, 3.63) is 34.2 Å². The molecule has 148 valence electrons. The van der Waals surface area contributed by atoms with E-state index in [2.05, 4.69) is 22.5 Å². The summed E-state index contributed by atoms with van der Waals surface area (Å²) in [5, 5.41) is 16.4. The molecule has 1 heterocycles. The summed E-state index contributed by atoms with van der Waals surface area (Å²) in [5.74, 6) is 0.858. The van der Waals surface area contributed by atoms with Gasteiger partial charge in [0.2, 0.25) is 0 Å². The van der Waals surface area contributed by atoms with Crippen LogP contribution < -0.4 is 16.2 Å². The van der Waals surface area contributed by atoms with Gasteiger partial charge in [0.15, 0.2) is 5.96 Å². The Kier molecular flexibility index (Phi) is 10.9. The first-order chi connectivity index (χ1) is 12.1. The maximum absolute atomic E-state index is 11.8. The fourth-order valence-electron chi connectivity index (χ4n) is 3.22. The molecule has 2 rings (SSSR count). The SMILES string of the molecule is CCNC(=NCCCCn1c(C)cccc1=O)NC1CCC(O)CC1.I. The molecule has 1 aromatic rings. The summed E-state index contributed by atoms with van der Waals surface area (Å²) in [6.07, 6.45) is 5.44. The Hall–Kier alpha value is -1.09. The molecule has 7 heteroatoms. The monoisotopic (exact) mass is 476 g/mol. The predicted molar refractivity (Wildman–Crippen MR) is 117 cm³/mol. The van der Waals surface area contributed by atoms with E-state index in [0.717, 1.165) is 69.8 Å². The third kappa shape index (κ3) is 7.65. The predicted octanol–water partition coefficient (Wildman–Crippen LogP) is 2.41. The summed E-state index contributed by atoms with van der Waals surface area (Å²) < 4.78 is 1.82. The summed E-state index contributed by atoms with van der Waals surface area (Å²) in [6, 6.07) is 5.77. The third-order valence-corrected chi connectivity index (χ3v) is 4.71. The Morgan fingerprint density at radius 1 is 1.27 bits per heavy atom. The minimum Gasteiger partial charge on any atom is -0.393 e. The van der Waals surface area contributed by atoms with Crippen LogP contribution in [0.15, 0.2) is 28.0 Å². The van der Waals surface area contributed by atoms with Gasteiger partial charge in [0, 0.05) is 37.4 Å². The number of pyridine rings is 1. The molecule has 0 saturated heterocycles. The molecule has 0 aliphatic heterocycles. The largest absolute Gasteiger partial charge is 0.393 e. The summed E-state index contributed by atoms with van der Waals surface area (Å²) in [6.45, 7) is 6.34. The highest BCUT2D eigenvalue weighted by Crippen LogP contribution is 2.18. The van der Waals surface area contributed by atoms with Crippen molar-refractivity contribution in [1.29, 1.82) is 0 Å². The minimum atomic E-state index is -0.137. The van der Waals surface area contributed by atoms with Crippen LogP contribution in [-0.2, 0) is 6.54 Å². The number of rotatable bonds is 7. The number of aliphatic imine (C=N–C) groups is 1. The zero-order valence-electron chi connectivity index (χ0n) is 15.9. The lowest BCUT2D eigenvalue weighted by Crippen LogP contribution is -2.45. The number of aryl methyl sites for hydroxylation is 1. The van der Waals surface area contributed by atoms with Crippen LogP contribution >= 0.6 is 24.0 Å². The van der Waals surface area contributed by atoms with E-state index in [1.165, 1.54) is 0 Å². The summed E-state index contributed by atoms with van der Waals surface area (Å²) in [5.41, 5.74) is 1.07. The first-order valence-electron chi connectivity index (χ1n) is 9.49. The van der Waals surface area contributed by atoms with Crippen molar-refractivity contribution >= 4 is 29.9 Å². The average molecular weight is 476 g/mol. The van der Waals surface area contributed by atoms with Crippen molar-refractivity contribution in [3.8, 4) is 0 Å². The van der Waals surface area contributed by atoms with E-state index in [-0.39, 0.29) is 35.6 Å². The molecule has 0 spiro atoms. The fraction of sp³-hybridized carbons (Fsp3) is 0.684. The van der Waals surface area contributed by atoms with E-state index < -0.39 is 0 Å². The summed E-state index contributed by atoms with van der Waals surface area (Å²) >= 11 is 0. The minimum absolute atomic E-state index is 0. The second kappa shape index (κ2) is 12.3. The zero-order valence-corrected chi connectivity index (χ0v) is 18.2. The van der Waals surface area contributed by atoms with E-state index in [9.17, 15) is 9.90 Å². The normalized spacial score (nSPS) is 20.3. The third-order valence-electron chi connectivity index (χ3n) is 4.71. The van der Waals surface area contributed by atoms with Crippen molar-refractivity contribution < 1.29 is 5.11 Å². The Morgan fingerprint density at radius 2 is 2.00 bits per heavy atom. The van der Waals surface area contributed by atoms with Crippen LogP contribution in [0.1, 0.15) is 51.1 Å².